The van der Waals surface area contributed by atoms with E-state index in [-0.39, 0.29) is 33.7 Å². The van der Waals surface area contributed by atoms with Crippen molar-refractivity contribution in [3.63, 3.8) is 0 Å². The first-order chi connectivity index (χ1) is 8.87. The fraction of sp³-hybridized carbons (Fsp3) is 0.286. The minimum atomic E-state index is -1.20. The number of aromatic carboxylic acids is 1. The second-order valence-corrected chi connectivity index (χ2v) is 4.77. The lowest BCUT2D eigenvalue weighted by atomic mass is 10.1. The molecule has 1 aromatic carbocycles. The van der Waals surface area contributed by atoms with Gasteiger partial charge in [-0.25, -0.2) is 18.5 Å². The van der Waals surface area contributed by atoms with Gasteiger partial charge in [-0.2, -0.15) is 0 Å². The molecule has 0 saturated carbocycles. The highest BCUT2D eigenvalue weighted by Gasteiger charge is 2.67. The van der Waals surface area contributed by atoms with Crippen LogP contribution in [0.15, 0.2) is 30.9 Å². The van der Waals surface area contributed by atoms with Crippen LogP contribution < -0.4 is 4.48 Å². The summed E-state index contributed by atoms with van der Waals surface area (Å²) in [7, 11) is 0. The Hall–Kier alpha value is -2.01. The van der Waals surface area contributed by atoms with Gasteiger partial charge in [-0.1, -0.05) is 6.58 Å². The van der Waals surface area contributed by atoms with Gasteiger partial charge in [-0.15, -0.1) is 0 Å². The molecule has 0 aliphatic carbocycles. The quantitative estimate of drug-likeness (QED) is 0.518. The molecule has 1 heterocycles. The van der Waals surface area contributed by atoms with E-state index in [1.807, 2.05) is 13.8 Å². The van der Waals surface area contributed by atoms with E-state index in [0.717, 1.165) is 6.07 Å². The Kier molecular flexibility index (Phi) is 3.02. The van der Waals surface area contributed by atoms with E-state index in [1.165, 1.54) is 18.2 Å². The first-order valence-electron chi connectivity index (χ1n) is 5.96. The molecule has 1 N–H and O–H groups in total. The van der Waals surface area contributed by atoms with Crippen molar-refractivity contribution >= 4 is 17.6 Å². The molecule has 5 heteroatoms. The molecule has 0 spiro atoms. The fourth-order valence-corrected chi connectivity index (χ4v) is 2.74. The SMILES string of the molecule is C=CC(=O)[N+]1(c2ccc(C(=O)O)cc2F)C(C)C1C. The number of halogens is 1. The lowest BCUT2D eigenvalue weighted by molar-refractivity contribution is -0.121. The monoisotopic (exact) mass is 264 g/mol. The number of carboxylic acid groups (broad SMARTS) is 1. The van der Waals surface area contributed by atoms with Gasteiger partial charge in [0.05, 0.1) is 5.56 Å². The van der Waals surface area contributed by atoms with E-state index < -0.39 is 11.8 Å². The van der Waals surface area contributed by atoms with Crippen LogP contribution in [0.1, 0.15) is 24.2 Å². The lowest BCUT2D eigenvalue weighted by Crippen LogP contribution is -2.37. The summed E-state index contributed by atoms with van der Waals surface area (Å²) in [6.07, 6.45) is 1.19. The number of hydrogen-bond acceptors (Lipinski definition) is 2. The molecule has 1 aliphatic heterocycles. The van der Waals surface area contributed by atoms with Crippen molar-refractivity contribution < 1.29 is 19.1 Å². The molecule has 19 heavy (non-hydrogen) atoms. The summed E-state index contributed by atoms with van der Waals surface area (Å²) in [6, 6.07) is 3.55. The minimum absolute atomic E-state index is 0.0457. The number of amides is 1. The van der Waals surface area contributed by atoms with Crippen LogP contribution in [0.4, 0.5) is 10.1 Å². The number of rotatable bonds is 3. The summed E-state index contributed by atoms with van der Waals surface area (Å²) >= 11 is 0. The molecule has 4 nitrogen and oxygen atoms in total. The Balaban J connectivity index is 2.55. The molecular weight excluding hydrogens is 249 g/mol. The van der Waals surface area contributed by atoms with Crippen LogP contribution in [0.5, 0.6) is 0 Å². The molecule has 1 fully saturated rings. The van der Waals surface area contributed by atoms with Gasteiger partial charge in [0.1, 0.15) is 0 Å². The normalized spacial score (nSPS) is 28.8. The summed E-state index contributed by atoms with van der Waals surface area (Å²) in [5.74, 6) is -2.15. The highest BCUT2D eigenvalue weighted by atomic mass is 19.1. The fourth-order valence-electron chi connectivity index (χ4n) is 2.74. The zero-order chi connectivity index (χ0) is 14.4. The molecule has 2 atom stereocenters. The van der Waals surface area contributed by atoms with Gasteiger partial charge in [0.15, 0.2) is 23.6 Å². The highest BCUT2D eigenvalue weighted by Crippen LogP contribution is 2.47. The molecule has 2 unspecified atom stereocenters. The zero-order valence-corrected chi connectivity index (χ0v) is 10.8. The molecule has 1 amide bonds. The lowest BCUT2D eigenvalue weighted by Gasteiger charge is -2.17. The molecule has 1 aliphatic rings. The van der Waals surface area contributed by atoms with Crippen molar-refractivity contribution in [1.29, 1.82) is 0 Å². The number of hydrogen-bond donors (Lipinski definition) is 1. The van der Waals surface area contributed by atoms with Crippen LogP contribution >= 0.6 is 0 Å². The van der Waals surface area contributed by atoms with Crippen molar-refractivity contribution in [3.05, 3.63) is 42.2 Å². The second kappa shape index (κ2) is 4.28. The summed E-state index contributed by atoms with van der Waals surface area (Å²) in [5, 5.41) is 8.82. The predicted molar refractivity (Wildman–Crippen MR) is 69.3 cm³/mol. The van der Waals surface area contributed by atoms with Crippen LogP contribution in [0.2, 0.25) is 0 Å². The molecule has 100 valence electrons. The summed E-state index contributed by atoms with van der Waals surface area (Å²) in [4.78, 5) is 22.9. The molecule has 1 aromatic rings. The Morgan fingerprint density at radius 1 is 1.37 bits per heavy atom. The van der Waals surface area contributed by atoms with Crippen LogP contribution in [0, 0.1) is 5.82 Å². The maximum atomic E-state index is 14.1. The number of quaternary nitrogens is 1. The van der Waals surface area contributed by atoms with Crippen LogP contribution in [0.3, 0.4) is 0 Å². The largest absolute Gasteiger partial charge is 0.478 e. The van der Waals surface area contributed by atoms with E-state index in [2.05, 4.69) is 6.58 Å². The standard InChI is InChI=1S/C14H14FNO3/c1-4-13(17)16(8(2)9(16)3)12-6-5-10(14(18)19)7-11(12)15/h4-9H,1H2,2-3H3/p+1. The highest BCUT2D eigenvalue weighted by molar-refractivity contribution is 6.01. The van der Waals surface area contributed by atoms with Gasteiger partial charge in [-0.05, 0) is 26.0 Å². The van der Waals surface area contributed by atoms with E-state index >= 15 is 0 Å². The number of carbonyl (C=O) groups is 2. The Labute approximate surface area is 110 Å². The average Bonchev–Trinajstić information content (AvgIpc) is 2.92. The first kappa shape index (κ1) is 13.4. The van der Waals surface area contributed by atoms with E-state index in [1.54, 1.807) is 0 Å². The van der Waals surface area contributed by atoms with Crippen LogP contribution in [-0.4, -0.2) is 29.1 Å². The Morgan fingerprint density at radius 2 is 1.95 bits per heavy atom. The van der Waals surface area contributed by atoms with Crippen molar-refractivity contribution in [2.45, 2.75) is 25.9 Å². The van der Waals surface area contributed by atoms with Crippen molar-refractivity contribution in [3.8, 4) is 0 Å². The van der Waals surface area contributed by atoms with Gasteiger partial charge in [0.25, 0.3) is 0 Å². The van der Waals surface area contributed by atoms with Gasteiger partial charge in [0.2, 0.25) is 0 Å². The van der Waals surface area contributed by atoms with Gasteiger partial charge < -0.3 is 5.11 Å². The third-order valence-electron chi connectivity index (χ3n) is 4.03. The van der Waals surface area contributed by atoms with Crippen molar-refractivity contribution in [2.24, 2.45) is 0 Å². The smallest absolute Gasteiger partial charge is 0.343 e. The molecule has 2 rings (SSSR count). The topological polar surface area (TPSA) is 54.4 Å². The van der Waals surface area contributed by atoms with Gasteiger partial charge in [-0.3, -0.25) is 0 Å². The van der Waals surface area contributed by atoms with E-state index in [4.69, 9.17) is 5.11 Å². The molecule has 1 saturated heterocycles. The maximum absolute atomic E-state index is 14.1. The second-order valence-electron chi connectivity index (χ2n) is 4.77. The molecule has 0 radical (unpaired) electrons. The zero-order valence-electron chi connectivity index (χ0n) is 10.8. The van der Waals surface area contributed by atoms with Gasteiger partial charge >= 0.3 is 11.9 Å². The number of carboxylic acids is 1. The Bertz CT molecular complexity index is 574. The number of carbonyl (C=O) groups excluding carboxylic acids is 1. The van der Waals surface area contributed by atoms with Crippen LogP contribution in [0.25, 0.3) is 0 Å². The van der Waals surface area contributed by atoms with Crippen molar-refractivity contribution in [2.75, 3.05) is 0 Å². The van der Waals surface area contributed by atoms with E-state index in [0.29, 0.717) is 0 Å². The number of benzene rings is 1. The predicted octanol–water partition coefficient (Wildman–Crippen LogP) is 2.33. The Morgan fingerprint density at radius 3 is 2.32 bits per heavy atom. The molecule has 0 bridgehead atoms. The molecule has 0 aromatic heterocycles. The first-order valence-corrected chi connectivity index (χ1v) is 5.96. The molecular formula is C14H15FNO3+. The van der Waals surface area contributed by atoms with Crippen LogP contribution in [-0.2, 0) is 4.79 Å². The van der Waals surface area contributed by atoms with Gasteiger partial charge in [0, 0.05) is 12.1 Å². The third-order valence-corrected chi connectivity index (χ3v) is 4.03. The van der Waals surface area contributed by atoms with E-state index in [9.17, 15) is 14.0 Å². The summed E-state index contributed by atoms with van der Waals surface area (Å²) in [6.45, 7) is 7.17. The number of nitrogens with zero attached hydrogens (tertiary/aromatic N) is 1. The van der Waals surface area contributed by atoms with Crippen molar-refractivity contribution in [1.82, 2.24) is 4.48 Å². The summed E-state index contributed by atoms with van der Waals surface area (Å²) in [5.41, 5.74) is 0.0718. The maximum Gasteiger partial charge on any atom is 0.343 e. The average molecular weight is 264 g/mol. The minimum Gasteiger partial charge on any atom is -0.478 e. The summed E-state index contributed by atoms with van der Waals surface area (Å²) < 4.78 is 14.0. The third kappa shape index (κ3) is 1.69.